The zero-order valence-corrected chi connectivity index (χ0v) is 13.9. The molecule has 1 aliphatic heterocycles. The first-order valence-electron chi connectivity index (χ1n) is 8.16. The van der Waals surface area contributed by atoms with E-state index in [0.717, 1.165) is 38.4 Å². The molecule has 2 heterocycles. The highest BCUT2D eigenvalue weighted by atomic mass is 16.5. The molecule has 124 valence electrons. The minimum absolute atomic E-state index is 0.349. The fraction of sp³-hybridized carbons (Fsp3) is 0.500. The highest BCUT2D eigenvalue weighted by Crippen LogP contribution is 2.18. The zero-order chi connectivity index (χ0) is 16.1. The van der Waals surface area contributed by atoms with Gasteiger partial charge < -0.3 is 14.0 Å². The van der Waals surface area contributed by atoms with E-state index in [1.807, 2.05) is 31.7 Å². The van der Waals surface area contributed by atoms with Crippen molar-refractivity contribution in [3.63, 3.8) is 0 Å². The van der Waals surface area contributed by atoms with Crippen LogP contribution in [0.15, 0.2) is 36.8 Å². The Morgan fingerprint density at radius 3 is 2.74 bits per heavy atom. The average molecular weight is 315 g/mol. The quantitative estimate of drug-likeness (QED) is 0.787. The van der Waals surface area contributed by atoms with Gasteiger partial charge >= 0.3 is 0 Å². The van der Waals surface area contributed by atoms with Gasteiger partial charge in [0.1, 0.15) is 5.75 Å². The predicted octanol–water partition coefficient (Wildman–Crippen LogP) is 2.61. The number of imidazole rings is 1. The van der Waals surface area contributed by atoms with Crippen LogP contribution in [-0.4, -0.2) is 40.8 Å². The van der Waals surface area contributed by atoms with Gasteiger partial charge in [-0.05, 0) is 30.5 Å². The number of aryl methyl sites for hydroxylation is 1. The van der Waals surface area contributed by atoms with E-state index in [9.17, 15) is 0 Å². The summed E-state index contributed by atoms with van der Waals surface area (Å²) in [4.78, 5) is 6.66. The van der Waals surface area contributed by atoms with Crippen molar-refractivity contribution in [1.29, 1.82) is 0 Å². The Kier molecular flexibility index (Phi) is 5.31. The summed E-state index contributed by atoms with van der Waals surface area (Å²) in [7, 11) is 3.74. The first-order valence-corrected chi connectivity index (χ1v) is 8.16. The number of hydrogen-bond donors (Lipinski definition) is 0. The number of nitrogens with zero attached hydrogens (tertiary/aromatic N) is 3. The fourth-order valence-corrected chi connectivity index (χ4v) is 3.02. The summed E-state index contributed by atoms with van der Waals surface area (Å²) >= 11 is 0. The zero-order valence-electron chi connectivity index (χ0n) is 13.9. The summed E-state index contributed by atoms with van der Waals surface area (Å²) in [5.41, 5.74) is 2.50. The molecule has 0 spiro atoms. The maximum atomic E-state index is 5.82. The summed E-state index contributed by atoms with van der Waals surface area (Å²) in [6, 6.07) is 8.29. The Morgan fingerprint density at radius 2 is 2.13 bits per heavy atom. The van der Waals surface area contributed by atoms with Crippen molar-refractivity contribution < 1.29 is 9.47 Å². The van der Waals surface area contributed by atoms with Gasteiger partial charge in [0.2, 0.25) is 0 Å². The Morgan fingerprint density at radius 1 is 1.30 bits per heavy atom. The van der Waals surface area contributed by atoms with Crippen LogP contribution in [0.2, 0.25) is 0 Å². The molecule has 0 aliphatic carbocycles. The van der Waals surface area contributed by atoms with E-state index in [0.29, 0.717) is 6.10 Å². The van der Waals surface area contributed by atoms with E-state index >= 15 is 0 Å². The molecule has 1 aromatic carbocycles. The van der Waals surface area contributed by atoms with Gasteiger partial charge in [-0.1, -0.05) is 12.1 Å². The minimum Gasteiger partial charge on any atom is -0.497 e. The Hall–Kier alpha value is -1.85. The summed E-state index contributed by atoms with van der Waals surface area (Å²) in [6.07, 6.45) is 6.47. The third-order valence-electron chi connectivity index (χ3n) is 4.35. The minimum atomic E-state index is 0.349. The van der Waals surface area contributed by atoms with Crippen LogP contribution in [0.3, 0.4) is 0 Å². The lowest BCUT2D eigenvalue weighted by Crippen LogP contribution is -2.32. The lowest BCUT2D eigenvalue weighted by Gasteiger charge is -2.25. The van der Waals surface area contributed by atoms with Crippen LogP contribution < -0.4 is 4.74 Å². The van der Waals surface area contributed by atoms with Gasteiger partial charge in [0, 0.05) is 39.5 Å². The number of ether oxygens (including phenoxy) is 2. The Balaban J connectivity index is 1.69. The first-order chi connectivity index (χ1) is 11.2. The molecule has 5 heteroatoms. The van der Waals surface area contributed by atoms with Gasteiger partial charge in [-0.3, -0.25) is 4.90 Å². The molecule has 0 unspecified atom stereocenters. The largest absolute Gasteiger partial charge is 0.497 e. The first kappa shape index (κ1) is 16.0. The smallest absolute Gasteiger partial charge is 0.118 e. The third-order valence-corrected chi connectivity index (χ3v) is 4.35. The average Bonchev–Trinajstić information content (AvgIpc) is 3.21. The highest BCUT2D eigenvalue weighted by molar-refractivity contribution is 5.27. The van der Waals surface area contributed by atoms with Crippen molar-refractivity contribution in [3.8, 4) is 5.75 Å². The van der Waals surface area contributed by atoms with Crippen molar-refractivity contribution in [2.45, 2.75) is 32.0 Å². The van der Waals surface area contributed by atoms with Crippen molar-refractivity contribution in [1.82, 2.24) is 14.5 Å². The molecule has 1 aliphatic rings. The molecule has 0 amide bonds. The molecule has 0 bridgehead atoms. The van der Waals surface area contributed by atoms with Gasteiger partial charge in [-0.2, -0.15) is 0 Å². The van der Waals surface area contributed by atoms with Gasteiger partial charge in [0.15, 0.2) is 0 Å². The van der Waals surface area contributed by atoms with Crippen LogP contribution in [0.1, 0.15) is 24.1 Å². The van der Waals surface area contributed by atoms with Crippen LogP contribution in [-0.2, 0) is 24.9 Å². The van der Waals surface area contributed by atoms with E-state index in [-0.39, 0.29) is 0 Å². The molecular formula is C18H25N3O2. The summed E-state index contributed by atoms with van der Waals surface area (Å²) in [5.74, 6) is 0.895. The maximum Gasteiger partial charge on any atom is 0.118 e. The van der Waals surface area contributed by atoms with Crippen molar-refractivity contribution in [2.24, 2.45) is 7.05 Å². The topological polar surface area (TPSA) is 39.5 Å². The van der Waals surface area contributed by atoms with E-state index < -0.39 is 0 Å². The number of methoxy groups -OCH3 is 1. The van der Waals surface area contributed by atoms with Crippen LogP contribution >= 0.6 is 0 Å². The number of rotatable bonds is 7. The van der Waals surface area contributed by atoms with Gasteiger partial charge in [-0.25, -0.2) is 4.98 Å². The highest BCUT2D eigenvalue weighted by Gasteiger charge is 2.20. The maximum absolute atomic E-state index is 5.82. The molecular weight excluding hydrogens is 290 g/mol. The molecule has 5 nitrogen and oxygen atoms in total. The molecule has 23 heavy (non-hydrogen) atoms. The van der Waals surface area contributed by atoms with E-state index in [2.05, 4.69) is 26.6 Å². The molecule has 0 N–H and O–H groups in total. The Bertz CT molecular complexity index is 603. The van der Waals surface area contributed by atoms with E-state index in [4.69, 9.17) is 9.47 Å². The molecule has 3 rings (SSSR count). The number of hydrogen-bond acceptors (Lipinski definition) is 4. The molecule has 1 fully saturated rings. The number of aromatic nitrogens is 2. The third kappa shape index (κ3) is 4.33. The van der Waals surface area contributed by atoms with E-state index in [1.54, 1.807) is 7.11 Å². The molecule has 1 atom stereocenters. The van der Waals surface area contributed by atoms with Gasteiger partial charge in [0.25, 0.3) is 0 Å². The van der Waals surface area contributed by atoms with E-state index in [1.165, 1.54) is 17.7 Å². The second-order valence-corrected chi connectivity index (χ2v) is 6.15. The predicted molar refractivity (Wildman–Crippen MR) is 89.3 cm³/mol. The number of benzene rings is 1. The van der Waals surface area contributed by atoms with Gasteiger partial charge in [0.05, 0.1) is 25.2 Å². The van der Waals surface area contributed by atoms with Crippen molar-refractivity contribution in [2.75, 3.05) is 20.3 Å². The normalized spacial score (nSPS) is 17.8. The summed E-state index contributed by atoms with van der Waals surface area (Å²) in [6.45, 7) is 3.63. The fourth-order valence-electron chi connectivity index (χ4n) is 3.02. The van der Waals surface area contributed by atoms with Crippen LogP contribution in [0.25, 0.3) is 0 Å². The van der Waals surface area contributed by atoms with Crippen LogP contribution in [0.5, 0.6) is 5.75 Å². The summed E-state index contributed by atoms with van der Waals surface area (Å²) < 4.78 is 13.1. The van der Waals surface area contributed by atoms with Crippen molar-refractivity contribution in [3.05, 3.63) is 48.0 Å². The molecule has 1 aromatic heterocycles. The van der Waals surface area contributed by atoms with Crippen molar-refractivity contribution >= 4 is 0 Å². The molecule has 0 saturated carbocycles. The second kappa shape index (κ2) is 7.62. The SMILES string of the molecule is COc1ccc(CN(Cc2cncn2C)C[C@@H]2CCCO2)cc1. The lowest BCUT2D eigenvalue weighted by atomic mass is 10.1. The van der Waals surface area contributed by atoms with Gasteiger partial charge in [-0.15, -0.1) is 0 Å². The molecule has 1 saturated heterocycles. The lowest BCUT2D eigenvalue weighted by molar-refractivity contribution is 0.0671. The Labute approximate surface area is 137 Å². The van der Waals surface area contributed by atoms with Crippen LogP contribution in [0, 0.1) is 0 Å². The molecule has 2 aromatic rings. The standard InChI is InChI=1S/C18H25N3O2/c1-20-14-19-10-16(20)12-21(13-18-4-3-9-23-18)11-15-5-7-17(22-2)8-6-15/h5-8,10,14,18H,3-4,9,11-13H2,1-2H3/t18-/m0/s1. The molecule has 0 radical (unpaired) electrons. The second-order valence-electron chi connectivity index (χ2n) is 6.15. The van der Waals surface area contributed by atoms with Crippen LogP contribution in [0.4, 0.5) is 0 Å². The monoisotopic (exact) mass is 315 g/mol. The summed E-state index contributed by atoms with van der Waals surface area (Å²) in [5, 5.41) is 0.